The van der Waals surface area contributed by atoms with E-state index in [9.17, 15) is 4.79 Å². The molecule has 0 saturated heterocycles. The predicted molar refractivity (Wildman–Crippen MR) is 119 cm³/mol. The molecule has 0 saturated carbocycles. The largest absolute Gasteiger partial charge is 0.466 e. The number of unbranched alkanes of at least 4 members (excludes halogenated alkanes) is 15. The van der Waals surface area contributed by atoms with E-state index in [1.165, 1.54) is 103 Å². The summed E-state index contributed by atoms with van der Waals surface area (Å²) in [5, 5.41) is 0. The molecule has 0 aliphatic carbocycles. The molecule has 27 heavy (non-hydrogen) atoms. The fourth-order valence-corrected chi connectivity index (χ4v) is 3.55. The molecule has 0 atom stereocenters. The number of esters is 1. The summed E-state index contributed by atoms with van der Waals surface area (Å²) < 4.78 is 5.34. The first-order valence-electron chi connectivity index (χ1n) is 12.3. The van der Waals surface area contributed by atoms with E-state index in [0.717, 1.165) is 18.8 Å². The molecule has 0 amide bonds. The Morgan fingerprint density at radius 3 is 1.59 bits per heavy atom. The molecule has 0 fully saturated rings. The Labute approximate surface area is 171 Å². The highest BCUT2D eigenvalue weighted by molar-refractivity contribution is 5.69. The third kappa shape index (κ3) is 23.4. The maximum absolute atomic E-state index is 11.7. The highest BCUT2D eigenvalue weighted by Gasteiger charge is 2.02. The van der Waals surface area contributed by atoms with E-state index in [4.69, 9.17) is 4.74 Å². The maximum atomic E-state index is 11.7. The van der Waals surface area contributed by atoms with Crippen molar-refractivity contribution in [3.8, 4) is 0 Å². The van der Waals surface area contributed by atoms with Gasteiger partial charge in [-0.15, -0.1) is 0 Å². The summed E-state index contributed by atoms with van der Waals surface area (Å²) in [5.41, 5.74) is 0. The van der Waals surface area contributed by atoms with Crippen LogP contribution in [0.5, 0.6) is 0 Å². The summed E-state index contributed by atoms with van der Waals surface area (Å²) in [7, 11) is 0. The zero-order valence-corrected chi connectivity index (χ0v) is 19.0. The Hall–Kier alpha value is -0.530. The Morgan fingerprint density at radius 1 is 0.630 bits per heavy atom. The van der Waals surface area contributed by atoms with Crippen LogP contribution in [0.1, 0.15) is 143 Å². The minimum Gasteiger partial charge on any atom is -0.466 e. The van der Waals surface area contributed by atoms with Gasteiger partial charge in [-0.2, -0.15) is 0 Å². The Morgan fingerprint density at radius 2 is 1.07 bits per heavy atom. The van der Waals surface area contributed by atoms with Gasteiger partial charge in [0.1, 0.15) is 0 Å². The molecule has 0 unspecified atom stereocenters. The summed E-state index contributed by atoms with van der Waals surface area (Å²) >= 11 is 0. The van der Waals surface area contributed by atoms with Crippen LogP contribution in [0.25, 0.3) is 0 Å². The summed E-state index contributed by atoms with van der Waals surface area (Å²) in [6.07, 6.45) is 24.1. The summed E-state index contributed by atoms with van der Waals surface area (Å²) in [4.78, 5) is 11.7. The molecule has 0 aliphatic rings. The van der Waals surface area contributed by atoms with Gasteiger partial charge < -0.3 is 4.74 Å². The first-order valence-corrected chi connectivity index (χ1v) is 12.3. The van der Waals surface area contributed by atoms with Gasteiger partial charge in [0, 0.05) is 6.42 Å². The van der Waals surface area contributed by atoms with Crippen molar-refractivity contribution >= 4 is 5.97 Å². The summed E-state index contributed by atoms with van der Waals surface area (Å²) in [5.74, 6) is 0.880. The SMILES string of the molecule is CCCCCCCCCOC(=O)CCCCCCCCCCCCC(C)C. The van der Waals surface area contributed by atoms with Crippen molar-refractivity contribution in [2.75, 3.05) is 6.61 Å². The van der Waals surface area contributed by atoms with Gasteiger partial charge in [0.05, 0.1) is 6.61 Å². The molecule has 0 spiro atoms. The fraction of sp³-hybridized carbons (Fsp3) is 0.960. The number of rotatable bonds is 21. The zero-order chi connectivity index (χ0) is 20.0. The van der Waals surface area contributed by atoms with Gasteiger partial charge in [-0.3, -0.25) is 4.79 Å². The van der Waals surface area contributed by atoms with Crippen molar-refractivity contribution in [1.29, 1.82) is 0 Å². The van der Waals surface area contributed by atoms with Crippen LogP contribution in [0.4, 0.5) is 0 Å². The topological polar surface area (TPSA) is 26.3 Å². The highest BCUT2D eigenvalue weighted by atomic mass is 16.5. The van der Waals surface area contributed by atoms with Crippen molar-refractivity contribution in [2.24, 2.45) is 5.92 Å². The van der Waals surface area contributed by atoms with Crippen molar-refractivity contribution in [1.82, 2.24) is 0 Å². The average Bonchev–Trinajstić information content (AvgIpc) is 2.64. The van der Waals surface area contributed by atoms with Gasteiger partial charge in [-0.05, 0) is 18.8 Å². The third-order valence-corrected chi connectivity index (χ3v) is 5.42. The first kappa shape index (κ1) is 26.5. The Bertz CT molecular complexity index is 299. The second-order valence-corrected chi connectivity index (χ2v) is 8.81. The molecule has 162 valence electrons. The lowest BCUT2D eigenvalue weighted by Crippen LogP contribution is -2.05. The molecule has 0 aromatic rings. The van der Waals surface area contributed by atoms with E-state index in [0.29, 0.717) is 13.0 Å². The second-order valence-electron chi connectivity index (χ2n) is 8.81. The van der Waals surface area contributed by atoms with Gasteiger partial charge in [0.15, 0.2) is 0 Å². The fourth-order valence-electron chi connectivity index (χ4n) is 3.55. The number of carbonyl (C=O) groups excluding carboxylic acids is 1. The van der Waals surface area contributed by atoms with Gasteiger partial charge >= 0.3 is 5.97 Å². The molecule has 2 heteroatoms. The molecule has 0 heterocycles. The number of carbonyl (C=O) groups is 1. The van der Waals surface area contributed by atoms with Crippen LogP contribution in [0, 0.1) is 5.92 Å². The monoisotopic (exact) mass is 382 g/mol. The van der Waals surface area contributed by atoms with Gasteiger partial charge in [-0.25, -0.2) is 0 Å². The van der Waals surface area contributed by atoms with Crippen LogP contribution in [0.15, 0.2) is 0 Å². The van der Waals surface area contributed by atoms with Crippen LogP contribution in [-0.4, -0.2) is 12.6 Å². The van der Waals surface area contributed by atoms with E-state index in [1.54, 1.807) is 0 Å². The van der Waals surface area contributed by atoms with E-state index < -0.39 is 0 Å². The zero-order valence-electron chi connectivity index (χ0n) is 19.0. The third-order valence-electron chi connectivity index (χ3n) is 5.42. The van der Waals surface area contributed by atoms with Crippen molar-refractivity contribution in [3.63, 3.8) is 0 Å². The lowest BCUT2D eigenvalue weighted by molar-refractivity contribution is -0.143. The molecule has 0 rings (SSSR count). The quantitative estimate of drug-likeness (QED) is 0.147. The van der Waals surface area contributed by atoms with Crippen molar-refractivity contribution < 1.29 is 9.53 Å². The Kier molecular flexibility index (Phi) is 21.3. The highest BCUT2D eigenvalue weighted by Crippen LogP contribution is 2.14. The van der Waals surface area contributed by atoms with Crippen LogP contribution in [0.2, 0.25) is 0 Å². The second kappa shape index (κ2) is 21.8. The van der Waals surface area contributed by atoms with E-state index >= 15 is 0 Å². The number of ether oxygens (including phenoxy) is 1. The molecule has 0 aromatic heterocycles. The predicted octanol–water partition coefficient (Wildman–Crippen LogP) is 8.62. The summed E-state index contributed by atoms with van der Waals surface area (Å²) in [6, 6.07) is 0. The molecule has 0 radical (unpaired) electrons. The van der Waals surface area contributed by atoms with Crippen LogP contribution in [-0.2, 0) is 9.53 Å². The van der Waals surface area contributed by atoms with E-state index in [2.05, 4.69) is 20.8 Å². The summed E-state index contributed by atoms with van der Waals surface area (Å²) in [6.45, 7) is 7.51. The Balaban J connectivity index is 3.14. The van der Waals surface area contributed by atoms with Crippen molar-refractivity contribution in [2.45, 2.75) is 143 Å². The van der Waals surface area contributed by atoms with Crippen LogP contribution < -0.4 is 0 Å². The molecule has 0 bridgehead atoms. The molecule has 0 aliphatic heterocycles. The molecule has 0 aromatic carbocycles. The van der Waals surface area contributed by atoms with E-state index in [-0.39, 0.29) is 5.97 Å². The normalized spacial score (nSPS) is 11.3. The first-order chi connectivity index (χ1) is 13.2. The van der Waals surface area contributed by atoms with Crippen molar-refractivity contribution in [3.05, 3.63) is 0 Å². The average molecular weight is 383 g/mol. The molecular weight excluding hydrogens is 332 g/mol. The maximum Gasteiger partial charge on any atom is 0.305 e. The molecule has 2 nitrogen and oxygen atoms in total. The lowest BCUT2D eigenvalue weighted by atomic mass is 10.0. The number of hydrogen-bond acceptors (Lipinski definition) is 2. The lowest BCUT2D eigenvalue weighted by Gasteiger charge is -2.06. The minimum absolute atomic E-state index is 0.0161. The van der Waals surface area contributed by atoms with Gasteiger partial charge in [-0.1, -0.05) is 124 Å². The van der Waals surface area contributed by atoms with Crippen LogP contribution >= 0.6 is 0 Å². The van der Waals surface area contributed by atoms with E-state index in [1.807, 2.05) is 0 Å². The molecule has 0 N–H and O–H groups in total. The van der Waals surface area contributed by atoms with Gasteiger partial charge in [0.2, 0.25) is 0 Å². The van der Waals surface area contributed by atoms with Crippen LogP contribution in [0.3, 0.4) is 0 Å². The standard InChI is InChI=1S/C25H50O2/c1-4-5-6-7-14-17-20-23-27-25(26)22-19-16-13-11-9-8-10-12-15-18-21-24(2)3/h24H,4-23H2,1-3H3. The van der Waals surface area contributed by atoms with Gasteiger partial charge in [0.25, 0.3) is 0 Å². The number of hydrogen-bond donors (Lipinski definition) is 0. The minimum atomic E-state index is 0.0161. The smallest absolute Gasteiger partial charge is 0.305 e. The molecular formula is C25H50O2.